The molecule has 3 rings (SSSR count). The quantitative estimate of drug-likeness (QED) is 0.575. The van der Waals surface area contributed by atoms with Gasteiger partial charge in [-0.25, -0.2) is 0 Å². The van der Waals surface area contributed by atoms with Gasteiger partial charge >= 0.3 is 5.97 Å². The van der Waals surface area contributed by atoms with Gasteiger partial charge in [0.25, 0.3) is 0 Å². The van der Waals surface area contributed by atoms with Gasteiger partial charge in [-0.1, -0.05) is 42.5 Å². The molecule has 0 atom stereocenters. The molecule has 0 saturated heterocycles. The first-order valence-electron chi connectivity index (χ1n) is 8.08. The third-order valence-electron chi connectivity index (χ3n) is 4.23. The van der Waals surface area contributed by atoms with E-state index in [0.717, 1.165) is 28.6 Å². The highest BCUT2D eigenvalue weighted by Gasteiger charge is 2.19. The smallest absolute Gasteiger partial charge is 0.308 e. The maximum absolute atomic E-state index is 11.6. The van der Waals surface area contributed by atoms with Crippen LogP contribution in [0.4, 0.5) is 0 Å². The summed E-state index contributed by atoms with van der Waals surface area (Å²) in [7, 11) is 0. The number of amides is 1. The highest BCUT2D eigenvalue weighted by molar-refractivity contribution is 5.93. The maximum Gasteiger partial charge on any atom is 0.308 e. The van der Waals surface area contributed by atoms with Crippen LogP contribution in [0, 0.1) is 6.92 Å². The van der Waals surface area contributed by atoms with Crippen LogP contribution in [0.2, 0.25) is 0 Å². The largest absolute Gasteiger partial charge is 0.424 e. The van der Waals surface area contributed by atoms with Crippen LogP contribution >= 0.6 is 0 Å². The molecule has 25 heavy (non-hydrogen) atoms. The Morgan fingerprint density at radius 2 is 1.80 bits per heavy atom. The minimum Gasteiger partial charge on any atom is -0.424 e. The Morgan fingerprint density at radius 1 is 1.08 bits per heavy atom. The van der Waals surface area contributed by atoms with Crippen LogP contribution in [0.1, 0.15) is 23.7 Å². The van der Waals surface area contributed by atoms with Gasteiger partial charge in [0.1, 0.15) is 6.54 Å². The van der Waals surface area contributed by atoms with Crippen LogP contribution in [0.5, 0.6) is 5.75 Å². The van der Waals surface area contributed by atoms with Crippen molar-refractivity contribution >= 4 is 22.8 Å². The van der Waals surface area contributed by atoms with Crippen molar-refractivity contribution in [1.29, 1.82) is 0 Å². The SMILES string of the molecule is CC(=O)Oc1cccc2c(Cc3ccccc3)c(C)n(CC(N)=O)c12. The summed E-state index contributed by atoms with van der Waals surface area (Å²) < 4.78 is 7.18. The Kier molecular flexibility index (Phi) is 4.57. The normalized spacial score (nSPS) is 10.8. The van der Waals surface area contributed by atoms with Crippen LogP contribution in [0.3, 0.4) is 0 Å². The van der Waals surface area contributed by atoms with Crippen LogP contribution in [-0.4, -0.2) is 16.4 Å². The summed E-state index contributed by atoms with van der Waals surface area (Å²) in [5.74, 6) is -0.404. The molecule has 0 spiro atoms. The minimum atomic E-state index is -0.441. The van der Waals surface area contributed by atoms with Crippen molar-refractivity contribution < 1.29 is 14.3 Å². The van der Waals surface area contributed by atoms with E-state index in [9.17, 15) is 9.59 Å². The molecule has 0 aliphatic rings. The number of nitrogens with zero attached hydrogens (tertiary/aromatic N) is 1. The third kappa shape index (κ3) is 3.40. The lowest BCUT2D eigenvalue weighted by atomic mass is 10.0. The summed E-state index contributed by atoms with van der Waals surface area (Å²) in [6, 6.07) is 15.7. The average Bonchev–Trinajstić information content (AvgIpc) is 2.81. The Morgan fingerprint density at radius 3 is 2.44 bits per heavy atom. The van der Waals surface area contributed by atoms with Crippen molar-refractivity contribution in [2.24, 2.45) is 5.73 Å². The summed E-state index contributed by atoms with van der Waals surface area (Å²) in [6.07, 6.45) is 0.721. The van der Waals surface area contributed by atoms with Crippen molar-refractivity contribution in [3.8, 4) is 5.75 Å². The monoisotopic (exact) mass is 336 g/mol. The number of carbonyl (C=O) groups is 2. The standard InChI is InChI=1S/C20H20N2O3/c1-13-17(11-15-7-4-3-5-8-15)16-9-6-10-18(25-14(2)23)20(16)22(13)12-19(21)24/h3-10H,11-12H2,1-2H3,(H2,21,24). The zero-order chi connectivity index (χ0) is 18.0. The fraction of sp³-hybridized carbons (Fsp3) is 0.200. The number of ether oxygens (including phenoxy) is 1. The molecule has 2 N–H and O–H groups in total. The van der Waals surface area contributed by atoms with E-state index in [2.05, 4.69) is 12.1 Å². The Balaban J connectivity index is 2.21. The van der Waals surface area contributed by atoms with Gasteiger partial charge in [0.15, 0.2) is 5.75 Å². The number of hydrogen-bond acceptors (Lipinski definition) is 3. The van der Waals surface area contributed by atoms with E-state index < -0.39 is 11.9 Å². The van der Waals surface area contributed by atoms with E-state index in [-0.39, 0.29) is 6.54 Å². The van der Waals surface area contributed by atoms with E-state index in [0.29, 0.717) is 5.75 Å². The van der Waals surface area contributed by atoms with E-state index >= 15 is 0 Å². The fourth-order valence-corrected chi connectivity index (χ4v) is 3.18. The second kappa shape index (κ2) is 6.81. The van der Waals surface area contributed by atoms with E-state index in [1.807, 2.05) is 41.8 Å². The molecule has 2 aromatic carbocycles. The number of esters is 1. The molecule has 0 fully saturated rings. The van der Waals surface area contributed by atoms with Crippen molar-refractivity contribution in [2.75, 3.05) is 0 Å². The van der Waals surface area contributed by atoms with Crippen LogP contribution in [0.25, 0.3) is 10.9 Å². The molecule has 3 aromatic rings. The van der Waals surface area contributed by atoms with Gasteiger partial charge in [-0.05, 0) is 30.5 Å². The van der Waals surface area contributed by atoms with Crippen LogP contribution in [0.15, 0.2) is 48.5 Å². The van der Waals surface area contributed by atoms with Crippen molar-refractivity contribution in [2.45, 2.75) is 26.8 Å². The number of rotatable bonds is 5. The number of hydrogen-bond donors (Lipinski definition) is 1. The molecule has 5 heteroatoms. The van der Waals surface area contributed by atoms with Crippen LogP contribution < -0.4 is 10.5 Å². The second-order valence-electron chi connectivity index (χ2n) is 6.02. The predicted octanol–water partition coefficient (Wildman–Crippen LogP) is 2.95. The van der Waals surface area contributed by atoms with Crippen LogP contribution in [-0.2, 0) is 22.6 Å². The van der Waals surface area contributed by atoms with Crippen molar-refractivity contribution in [1.82, 2.24) is 4.57 Å². The predicted molar refractivity (Wildman–Crippen MR) is 96.4 cm³/mol. The number of aromatic nitrogens is 1. The second-order valence-corrected chi connectivity index (χ2v) is 6.02. The molecule has 0 aliphatic heterocycles. The molecule has 0 unspecified atom stereocenters. The van der Waals surface area contributed by atoms with Gasteiger partial charge in [-0.3, -0.25) is 9.59 Å². The Labute approximate surface area is 146 Å². The third-order valence-corrected chi connectivity index (χ3v) is 4.23. The number of nitrogens with two attached hydrogens (primary N) is 1. The highest BCUT2D eigenvalue weighted by Crippen LogP contribution is 2.34. The lowest BCUT2D eigenvalue weighted by molar-refractivity contribution is -0.131. The first-order chi connectivity index (χ1) is 12.0. The van der Waals surface area contributed by atoms with E-state index in [1.54, 1.807) is 6.07 Å². The summed E-state index contributed by atoms with van der Waals surface area (Å²) >= 11 is 0. The lowest BCUT2D eigenvalue weighted by Crippen LogP contribution is -2.19. The van der Waals surface area contributed by atoms with Crippen molar-refractivity contribution in [3.05, 3.63) is 65.4 Å². The number of fused-ring (bicyclic) bond motifs is 1. The maximum atomic E-state index is 11.6. The summed E-state index contributed by atoms with van der Waals surface area (Å²) in [4.78, 5) is 23.0. The molecule has 5 nitrogen and oxygen atoms in total. The number of para-hydroxylation sites is 1. The van der Waals surface area contributed by atoms with Gasteiger partial charge in [0.2, 0.25) is 5.91 Å². The first kappa shape index (κ1) is 16.8. The Bertz CT molecular complexity index is 942. The zero-order valence-electron chi connectivity index (χ0n) is 14.3. The molecule has 0 radical (unpaired) electrons. The van der Waals surface area contributed by atoms with Gasteiger partial charge < -0.3 is 15.0 Å². The summed E-state index contributed by atoms with van der Waals surface area (Å²) in [6.45, 7) is 3.35. The molecule has 1 amide bonds. The molecular weight excluding hydrogens is 316 g/mol. The average molecular weight is 336 g/mol. The number of carbonyl (C=O) groups excluding carboxylic acids is 2. The minimum absolute atomic E-state index is 0.0371. The first-order valence-corrected chi connectivity index (χ1v) is 8.08. The fourth-order valence-electron chi connectivity index (χ4n) is 3.18. The molecule has 128 valence electrons. The van der Waals surface area contributed by atoms with Gasteiger partial charge in [-0.15, -0.1) is 0 Å². The topological polar surface area (TPSA) is 74.3 Å². The molecular formula is C20H20N2O3. The summed E-state index contributed by atoms with van der Waals surface area (Å²) in [5.41, 5.74) is 9.36. The molecule has 0 aliphatic carbocycles. The summed E-state index contributed by atoms with van der Waals surface area (Å²) in [5, 5.41) is 0.960. The molecule has 0 saturated carbocycles. The Hall–Kier alpha value is -3.08. The van der Waals surface area contributed by atoms with E-state index in [4.69, 9.17) is 10.5 Å². The number of benzene rings is 2. The van der Waals surface area contributed by atoms with Gasteiger partial charge in [0.05, 0.1) is 5.52 Å². The number of primary amides is 1. The lowest BCUT2D eigenvalue weighted by Gasteiger charge is -2.09. The van der Waals surface area contributed by atoms with Gasteiger partial charge in [0, 0.05) is 18.0 Å². The molecule has 1 heterocycles. The zero-order valence-corrected chi connectivity index (χ0v) is 14.3. The molecule has 1 aromatic heterocycles. The van der Waals surface area contributed by atoms with Gasteiger partial charge in [-0.2, -0.15) is 0 Å². The molecule has 0 bridgehead atoms. The van der Waals surface area contributed by atoms with Crippen molar-refractivity contribution in [3.63, 3.8) is 0 Å². The van der Waals surface area contributed by atoms with E-state index in [1.165, 1.54) is 12.5 Å². The highest BCUT2D eigenvalue weighted by atomic mass is 16.5.